The molecule has 1 aromatic heterocycles. The summed E-state index contributed by atoms with van der Waals surface area (Å²) in [6, 6.07) is 10.4. The van der Waals surface area contributed by atoms with Gasteiger partial charge >= 0.3 is 0 Å². The number of carbonyl (C=O) groups excluding carboxylic acids is 1. The minimum absolute atomic E-state index is 0.0367. The van der Waals surface area contributed by atoms with Crippen LogP contribution < -0.4 is 4.80 Å². The van der Waals surface area contributed by atoms with Gasteiger partial charge in [0.05, 0.1) is 15.1 Å². The minimum atomic E-state index is -0.416. The first-order valence-corrected chi connectivity index (χ1v) is 9.16. The van der Waals surface area contributed by atoms with Crippen LogP contribution in [0.2, 0.25) is 0 Å². The van der Waals surface area contributed by atoms with Crippen LogP contribution >= 0.6 is 11.3 Å². The molecule has 1 heterocycles. The molecule has 2 aromatic carbocycles. The van der Waals surface area contributed by atoms with E-state index >= 15 is 0 Å². The number of carbonyl (C=O) groups is 1. The predicted octanol–water partition coefficient (Wildman–Crippen LogP) is 4.38. The van der Waals surface area contributed by atoms with Gasteiger partial charge in [-0.3, -0.25) is 14.9 Å². The quantitative estimate of drug-likeness (QED) is 0.506. The Morgan fingerprint density at radius 1 is 1.23 bits per heavy atom. The van der Waals surface area contributed by atoms with Crippen molar-refractivity contribution in [2.45, 2.75) is 33.7 Å². The molecule has 134 valence electrons. The van der Waals surface area contributed by atoms with Crippen LogP contribution in [-0.4, -0.2) is 15.4 Å². The van der Waals surface area contributed by atoms with Crippen molar-refractivity contribution in [1.29, 1.82) is 0 Å². The van der Waals surface area contributed by atoms with Gasteiger partial charge in [0.1, 0.15) is 0 Å². The van der Waals surface area contributed by atoms with E-state index in [2.05, 4.69) is 4.99 Å². The number of nitrogens with zero attached hydrogens (tertiary/aromatic N) is 3. The lowest BCUT2D eigenvalue weighted by molar-refractivity contribution is -0.384. The van der Waals surface area contributed by atoms with Crippen molar-refractivity contribution >= 4 is 33.1 Å². The lowest BCUT2D eigenvalue weighted by Crippen LogP contribution is -2.17. The highest BCUT2D eigenvalue weighted by Gasteiger charge is 2.13. The number of nitro groups is 1. The maximum Gasteiger partial charge on any atom is 0.279 e. The van der Waals surface area contributed by atoms with Gasteiger partial charge in [0.15, 0.2) is 4.80 Å². The molecule has 0 aliphatic rings. The van der Waals surface area contributed by atoms with Crippen LogP contribution in [0.3, 0.4) is 0 Å². The van der Waals surface area contributed by atoms with Gasteiger partial charge in [-0.2, -0.15) is 4.99 Å². The van der Waals surface area contributed by atoms with Crippen LogP contribution in [0, 0.1) is 24.0 Å². The van der Waals surface area contributed by atoms with Crippen molar-refractivity contribution < 1.29 is 9.72 Å². The number of non-ortho nitro benzene ring substituents is 1. The number of rotatable bonds is 4. The summed E-state index contributed by atoms with van der Waals surface area (Å²) in [4.78, 5) is 28.2. The summed E-state index contributed by atoms with van der Waals surface area (Å²) in [6.45, 7) is 6.60. The molecule has 0 bridgehead atoms. The molecule has 0 aliphatic carbocycles. The summed E-state index contributed by atoms with van der Waals surface area (Å²) in [7, 11) is 0. The first-order valence-electron chi connectivity index (χ1n) is 8.34. The van der Waals surface area contributed by atoms with Crippen LogP contribution in [0.15, 0.2) is 41.4 Å². The average Bonchev–Trinajstić information content (AvgIpc) is 2.91. The number of aromatic nitrogens is 1. The van der Waals surface area contributed by atoms with E-state index in [-0.39, 0.29) is 11.6 Å². The van der Waals surface area contributed by atoms with Gasteiger partial charge in [0.25, 0.3) is 11.6 Å². The Bertz CT molecular complexity index is 1080. The zero-order valence-electron chi connectivity index (χ0n) is 14.9. The molecule has 3 rings (SSSR count). The van der Waals surface area contributed by atoms with Crippen molar-refractivity contribution in [3.63, 3.8) is 0 Å². The third-order valence-corrected chi connectivity index (χ3v) is 5.18. The second kappa shape index (κ2) is 7.21. The zero-order valence-corrected chi connectivity index (χ0v) is 15.7. The highest BCUT2D eigenvalue weighted by atomic mass is 32.1. The highest BCUT2D eigenvalue weighted by molar-refractivity contribution is 7.16. The van der Waals surface area contributed by atoms with Gasteiger partial charge in [-0.05, 0) is 38.0 Å². The fourth-order valence-electron chi connectivity index (χ4n) is 2.90. The average molecular weight is 369 g/mol. The van der Waals surface area contributed by atoms with Gasteiger partial charge in [0, 0.05) is 24.2 Å². The number of nitro benzene ring substituents is 1. The van der Waals surface area contributed by atoms with Gasteiger partial charge in [-0.1, -0.05) is 36.0 Å². The maximum atomic E-state index is 12.7. The number of hydrogen-bond acceptors (Lipinski definition) is 4. The molecule has 0 saturated carbocycles. The Kier molecular flexibility index (Phi) is 4.99. The Morgan fingerprint density at radius 3 is 2.65 bits per heavy atom. The van der Waals surface area contributed by atoms with E-state index in [1.165, 1.54) is 23.5 Å². The van der Waals surface area contributed by atoms with Crippen molar-refractivity contribution in [1.82, 2.24) is 4.57 Å². The smallest absolute Gasteiger partial charge is 0.279 e. The maximum absolute atomic E-state index is 12.7. The number of aryl methyl sites for hydroxylation is 3. The number of benzene rings is 2. The third-order valence-electron chi connectivity index (χ3n) is 4.13. The second-order valence-electron chi connectivity index (χ2n) is 6.18. The first-order chi connectivity index (χ1) is 12.4. The first kappa shape index (κ1) is 18.0. The van der Waals surface area contributed by atoms with Crippen molar-refractivity contribution in [3.05, 3.63) is 68.0 Å². The Morgan fingerprint density at radius 2 is 2.00 bits per heavy atom. The predicted molar refractivity (Wildman–Crippen MR) is 103 cm³/mol. The number of amides is 1. The summed E-state index contributed by atoms with van der Waals surface area (Å²) >= 11 is 1.30. The van der Waals surface area contributed by atoms with E-state index in [9.17, 15) is 14.9 Å². The number of thiazole rings is 1. The topological polar surface area (TPSA) is 77.5 Å². The summed E-state index contributed by atoms with van der Waals surface area (Å²) in [6.07, 6.45) is 0.869. The van der Waals surface area contributed by atoms with Gasteiger partial charge in [-0.15, -0.1) is 0 Å². The molecule has 0 aliphatic heterocycles. The monoisotopic (exact) mass is 369 g/mol. The molecule has 0 atom stereocenters. The van der Waals surface area contributed by atoms with E-state index in [1.54, 1.807) is 12.1 Å². The fraction of sp³-hybridized carbons (Fsp3) is 0.263. The van der Waals surface area contributed by atoms with Crippen molar-refractivity contribution in [2.24, 2.45) is 4.99 Å². The summed E-state index contributed by atoms with van der Waals surface area (Å²) < 4.78 is 2.70. The van der Waals surface area contributed by atoms with Crippen LogP contribution in [-0.2, 0) is 6.54 Å². The minimum Gasteiger partial charge on any atom is -0.316 e. The van der Waals surface area contributed by atoms with E-state index in [1.807, 2.05) is 37.5 Å². The van der Waals surface area contributed by atoms with Crippen LogP contribution in [0.1, 0.15) is 34.8 Å². The van der Waals surface area contributed by atoms with Crippen LogP contribution in [0.5, 0.6) is 0 Å². The second-order valence-corrected chi connectivity index (χ2v) is 7.19. The van der Waals surface area contributed by atoms with Crippen molar-refractivity contribution in [3.8, 4) is 0 Å². The molecule has 7 heteroatoms. The van der Waals surface area contributed by atoms with E-state index in [0.717, 1.165) is 27.8 Å². The molecular weight excluding hydrogens is 350 g/mol. The molecular formula is C19H19N3O3S. The number of hydrogen-bond donors (Lipinski definition) is 0. The lowest BCUT2D eigenvalue weighted by Gasteiger charge is -2.04. The van der Waals surface area contributed by atoms with Crippen LogP contribution in [0.4, 0.5) is 5.69 Å². The Hall–Kier alpha value is -2.80. The van der Waals surface area contributed by atoms with E-state index in [4.69, 9.17) is 0 Å². The molecule has 3 aromatic rings. The standard InChI is InChI=1S/C19H19N3O3S/c1-4-9-21-16-8-6-14(22(24)25)11-17(16)26-19(21)20-18(23)15-7-5-12(2)10-13(15)3/h5-8,10-11H,4,9H2,1-3H3. The lowest BCUT2D eigenvalue weighted by atomic mass is 10.1. The summed E-state index contributed by atoms with van der Waals surface area (Å²) in [5, 5.41) is 11.0. The molecule has 0 spiro atoms. The molecule has 0 unspecified atom stereocenters. The third kappa shape index (κ3) is 3.43. The normalized spacial score (nSPS) is 11.9. The molecule has 26 heavy (non-hydrogen) atoms. The Labute approximate surface area is 154 Å². The Balaban J connectivity index is 2.15. The highest BCUT2D eigenvalue weighted by Crippen LogP contribution is 2.23. The fourth-order valence-corrected chi connectivity index (χ4v) is 3.99. The largest absolute Gasteiger partial charge is 0.316 e. The van der Waals surface area contributed by atoms with Gasteiger partial charge < -0.3 is 4.57 Å². The molecule has 0 radical (unpaired) electrons. The molecule has 0 saturated heterocycles. The van der Waals surface area contributed by atoms with E-state index < -0.39 is 4.92 Å². The van der Waals surface area contributed by atoms with Crippen molar-refractivity contribution in [2.75, 3.05) is 0 Å². The summed E-state index contributed by atoms with van der Waals surface area (Å²) in [5.74, 6) is -0.298. The molecule has 0 N–H and O–H groups in total. The SMILES string of the molecule is CCCn1c(=NC(=O)c2ccc(C)cc2C)sc2cc([N+](=O)[O-])ccc21. The molecule has 6 nitrogen and oxygen atoms in total. The summed E-state index contributed by atoms with van der Waals surface area (Å²) in [5.41, 5.74) is 3.44. The van der Waals surface area contributed by atoms with Gasteiger partial charge in [-0.25, -0.2) is 0 Å². The molecule has 0 fully saturated rings. The zero-order chi connectivity index (χ0) is 18.8. The number of fused-ring (bicyclic) bond motifs is 1. The van der Waals surface area contributed by atoms with Gasteiger partial charge in [0.2, 0.25) is 0 Å². The van der Waals surface area contributed by atoms with E-state index in [0.29, 0.717) is 16.9 Å². The van der Waals surface area contributed by atoms with Crippen LogP contribution in [0.25, 0.3) is 10.2 Å². The molecule has 1 amide bonds.